The van der Waals surface area contributed by atoms with E-state index in [-0.39, 0.29) is 5.82 Å². The lowest BCUT2D eigenvalue weighted by molar-refractivity contribution is -0.115. The summed E-state index contributed by atoms with van der Waals surface area (Å²) in [7, 11) is 0. The van der Waals surface area contributed by atoms with Gasteiger partial charge in [0.25, 0.3) is 0 Å². The zero-order valence-electron chi connectivity index (χ0n) is 13.7. The lowest BCUT2D eigenvalue weighted by atomic mass is 10.1. The Bertz CT molecular complexity index is 993. The molecule has 1 N–H and O–H groups in total. The number of fused-ring (bicyclic) bond motifs is 1. The van der Waals surface area contributed by atoms with Crippen molar-refractivity contribution >= 4 is 16.7 Å². The second-order valence-electron chi connectivity index (χ2n) is 5.85. The molecule has 1 heterocycles. The number of nitrogens with zero attached hydrogens (tertiary/aromatic N) is 2. The van der Waals surface area contributed by atoms with Crippen LogP contribution in [0.3, 0.4) is 0 Å². The summed E-state index contributed by atoms with van der Waals surface area (Å²) in [6.07, 6.45) is -4.40. The number of alkyl halides is 3. The third kappa shape index (κ3) is 3.50. The third-order valence-electron chi connectivity index (χ3n) is 3.86. The average molecular weight is 347 g/mol. The summed E-state index contributed by atoms with van der Waals surface area (Å²) >= 11 is 0. The Kier molecular flexibility index (Phi) is 4.24. The monoisotopic (exact) mass is 347 g/mol. The molecule has 130 valence electrons. The predicted octanol–water partition coefficient (Wildman–Crippen LogP) is 3.98. The Morgan fingerprint density at radius 2 is 1.84 bits per heavy atom. The molecule has 0 unspecified atom stereocenters. The predicted molar refractivity (Wildman–Crippen MR) is 91.4 cm³/mol. The lowest BCUT2D eigenvalue weighted by Gasteiger charge is -2.16. The number of aromatic nitrogens is 2. The summed E-state index contributed by atoms with van der Waals surface area (Å²) in [6, 6.07) is 12.5. The maximum Gasteiger partial charge on any atom is 0.405 e. The molecule has 0 radical (unpaired) electrons. The van der Waals surface area contributed by atoms with Gasteiger partial charge < -0.3 is 5.32 Å². The van der Waals surface area contributed by atoms with Gasteiger partial charge in [-0.25, -0.2) is 4.79 Å². The topological polar surface area (TPSA) is 46.9 Å². The highest BCUT2D eigenvalue weighted by Crippen LogP contribution is 2.25. The highest BCUT2D eigenvalue weighted by molar-refractivity contribution is 5.90. The Morgan fingerprint density at radius 1 is 1.12 bits per heavy atom. The van der Waals surface area contributed by atoms with E-state index in [2.05, 4.69) is 10.3 Å². The van der Waals surface area contributed by atoms with Crippen LogP contribution in [-0.4, -0.2) is 22.3 Å². The fraction of sp³-hybridized carbons (Fsp3) is 0.222. The minimum absolute atomic E-state index is 0.0674. The van der Waals surface area contributed by atoms with Crippen LogP contribution in [0.5, 0.6) is 0 Å². The molecule has 3 rings (SSSR count). The summed E-state index contributed by atoms with van der Waals surface area (Å²) in [4.78, 5) is 16.4. The van der Waals surface area contributed by atoms with Crippen molar-refractivity contribution in [1.82, 2.24) is 9.55 Å². The zero-order chi connectivity index (χ0) is 18.2. The zero-order valence-corrected chi connectivity index (χ0v) is 13.7. The first kappa shape index (κ1) is 17.0. The molecule has 3 aromatic rings. The van der Waals surface area contributed by atoms with Gasteiger partial charge in [-0.2, -0.15) is 18.2 Å². The van der Waals surface area contributed by atoms with Crippen LogP contribution in [0, 0.1) is 13.8 Å². The number of aryl methyl sites for hydroxylation is 2. The van der Waals surface area contributed by atoms with E-state index in [0.29, 0.717) is 16.6 Å². The fourth-order valence-corrected chi connectivity index (χ4v) is 2.70. The first-order valence-corrected chi connectivity index (χ1v) is 7.66. The first-order valence-electron chi connectivity index (χ1n) is 7.66. The molecule has 0 fully saturated rings. The van der Waals surface area contributed by atoms with E-state index in [4.69, 9.17) is 0 Å². The molecule has 0 saturated carbocycles. The van der Waals surface area contributed by atoms with Crippen molar-refractivity contribution in [2.45, 2.75) is 20.0 Å². The van der Waals surface area contributed by atoms with Crippen LogP contribution >= 0.6 is 0 Å². The van der Waals surface area contributed by atoms with Crippen LogP contribution in [0.4, 0.5) is 19.0 Å². The maximum atomic E-state index is 12.6. The lowest BCUT2D eigenvalue weighted by Crippen LogP contribution is -2.27. The Morgan fingerprint density at radius 3 is 2.52 bits per heavy atom. The first-order chi connectivity index (χ1) is 11.8. The van der Waals surface area contributed by atoms with Crippen LogP contribution in [0.15, 0.2) is 47.3 Å². The number of nitrogens with one attached hydrogen (secondary N) is 1. The van der Waals surface area contributed by atoms with Gasteiger partial charge in [0.15, 0.2) is 0 Å². The fourth-order valence-electron chi connectivity index (χ4n) is 2.70. The number of hydrogen-bond acceptors (Lipinski definition) is 3. The smallest absolute Gasteiger partial charge is 0.360 e. The van der Waals surface area contributed by atoms with Gasteiger partial charge in [0.1, 0.15) is 12.4 Å². The molecule has 0 atom stereocenters. The van der Waals surface area contributed by atoms with E-state index >= 15 is 0 Å². The van der Waals surface area contributed by atoms with Gasteiger partial charge in [-0.1, -0.05) is 24.3 Å². The molecular formula is C18H16F3N3O. The molecule has 0 aliphatic heterocycles. The second-order valence-corrected chi connectivity index (χ2v) is 5.85. The van der Waals surface area contributed by atoms with Gasteiger partial charge >= 0.3 is 11.9 Å². The average Bonchev–Trinajstić information content (AvgIpc) is 2.53. The quantitative estimate of drug-likeness (QED) is 0.780. The number of benzene rings is 2. The number of rotatable bonds is 3. The summed E-state index contributed by atoms with van der Waals surface area (Å²) in [6.45, 7) is 2.46. The Labute approximate surface area is 141 Å². The molecule has 0 aliphatic carbocycles. The van der Waals surface area contributed by atoms with E-state index in [1.54, 1.807) is 30.3 Å². The van der Waals surface area contributed by atoms with Gasteiger partial charge in [-0.3, -0.25) is 4.57 Å². The van der Waals surface area contributed by atoms with Crippen LogP contribution in [0.1, 0.15) is 11.1 Å². The molecule has 0 aliphatic rings. The summed E-state index contributed by atoms with van der Waals surface area (Å²) < 4.78 is 39.0. The highest BCUT2D eigenvalue weighted by Gasteiger charge is 2.27. The second kappa shape index (κ2) is 6.23. The SMILES string of the molecule is Cc1ccc2c(NCC(F)(F)F)nc(=O)n(-c3ccccc3C)c2c1. The number of para-hydroxylation sites is 1. The standard InChI is InChI=1S/C18H16F3N3O/c1-11-7-8-13-15(9-11)24(14-6-4-3-5-12(14)2)17(25)23-16(13)22-10-18(19,20)21/h3-9H,10H2,1-2H3,(H,22,23,25). The minimum atomic E-state index is -4.40. The van der Waals surface area contributed by atoms with Gasteiger partial charge in [0, 0.05) is 5.39 Å². The Hall–Kier alpha value is -2.83. The number of anilines is 1. The maximum absolute atomic E-state index is 12.6. The molecule has 4 nitrogen and oxygen atoms in total. The van der Waals surface area contributed by atoms with Crippen molar-refractivity contribution < 1.29 is 13.2 Å². The number of hydrogen-bond donors (Lipinski definition) is 1. The van der Waals surface area contributed by atoms with E-state index in [9.17, 15) is 18.0 Å². The Balaban J connectivity index is 2.27. The molecule has 7 heteroatoms. The molecule has 0 saturated heterocycles. The van der Waals surface area contributed by atoms with Crippen LogP contribution in [0.25, 0.3) is 16.6 Å². The molecule has 25 heavy (non-hydrogen) atoms. The summed E-state index contributed by atoms with van der Waals surface area (Å²) in [5.74, 6) is -0.0674. The highest BCUT2D eigenvalue weighted by atomic mass is 19.4. The largest absolute Gasteiger partial charge is 0.405 e. The van der Waals surface area contributed by atoms with E-state index in [1.807, 2.05) is 26.0 Å². The van der Waals surface area contributed by atoms with Crippen molar-refractivity contribution in [3.05, 3.63) is 64.1 Å². The molecule has 0 amide bonds. The molecule has 0 spiro atoms. The van der Waals surface area contributed by atoms with Gasteiger partial charge in [0.2, 0.25) is 0 Å². The van der Waals surface area contributed by atoms with Crippen molar-refractivity contribution in [1.29, 1.82) is 0 Å². The van der Waals surface area contributed by atoms with E-state index in [1.165, 1.54) is 4.57 Å². The van der Waals surface area contributed by atoms with Crippen molar-refractivity contribution in [3.8, 4) is 5.69 Å². The summed E-state index contributed by atoms with van der Waals surface area (Å²) in [5.41, 5.74) is 2.29. The van der Waals surface area contributed by atoms with Gasteiger partial charge in [0.05, 0.1) is 11.2 Å². The van der Waals surface area contributed by atoms with Crippen molar-refractivity contribution in [2.24, 2.45) is 0 Å². The number of halogens is 3. The summed E-state index contributed by atoms with van der Waals surface area (Å²) in [5, 5.41) is 2.69. The van der Waals surface area contributed by atoms with Gasteiger partial charge in [-0.15, -0.1) is 0 Å². The van der Waals surface area contributed by atoms with Gasteiger partial charge in [-0.05, 0) is 43.2 Å². The molecular weight excluding hydrogens is 331 g/mol. The molecule has 0 bridgehead atoms. The minimum Gasteiger partial charge on any atom is -0.360 e. The van der Waals surface area contributed by atoms with Crippen molar-refractivity contribution in [2.75, 3.05) is 11.9 Å². The van der Waals surface area contributed by atoms with E-state index in [0.717, 1.165) is 11.1 Å². The van der Waals surface area contributed by atoms with Crippen molar-refractivity contribution in [3.63, 3.8) is 0 Å². The van der Waals surface area contributed by atoms with Crippen LogP contribution in [0.2, 0.25) is 0 Å². The van der Waals surface area contributed by atoms with Crippen LogP contribution in [-0.2, 0) is 0 Å². The third-order valence-corrected chi connectivity index (χ3v) is 3.86. The normalized spacial score (nSPS) is 11.7. The molecule has 1 aromatic heterocycles. The molecule has 2 aromatic carbocycles. The van der Waals surface area contributed by atoms with E-state index < -0.39 is 18.4 Å². The van der Waals surface area contributed by atoms with Crippen LogP contribution < -0.4 is 11.0 Å².